The van der Waals surface area contributed by atoms with Crippen molar-refractivity contribution < 1.29 is 33.8 Å². The van der Waals surface area contributed by atoms with E-state index < -0.39 is 41.7 Å². The molecule has 3 heterocycles. The van der Waals surface area contributed by atoms with E-state index in [0.29, 0.717) is 43.4 Å². The lowest BCUT2D eigenvalue weighted by Gasteiger charge is -2.37. The molecular formula is C41H53BrN4O7. The number of ether oxygens (including phenoxy) is 2. The van der Waals surface area contributed by atoms with Gasteiger partial charge in [0.2, 0.25) is 11.8 Å². The number of likely N-dealkylation sites (tertiary alicyclic amines) is 1. The largest absolute Gasteiger partial charge is 0.455 e. The van der Waals surface area contributed by atoms with Crippen molar-refractivity contribution in [3.8, 4) is 0 Å². The Bertz CT molecular complexity index is 1600. The standard InChI is InChI=1S/C41H53BrN4O7/c1-5-9-18-33(48)43-27-32(28-16-12-10-13-17-28)52-40(51)34-35-38(49)46(24-14-11-15-25-47)37(41(35)26-31(42)36(34)53-41)39(50)45(23-6-2)30-21-19-29(20-22-30)44(7-3)8-4/h5-6,10,12-13,16-17,19-22,31-32,34-37,47H,1-2,7-9,11,14-15,18,23-27H2,3-4H3,(H,43,48)/t31?,32-,34-,35+,36-,37-,41+/m1/s1. The van der Waals surface area contributed by atoms with Gasteiger partial charge in [-0.3, -0.25) is 19.2 Å². The van der Waals surface area contributed by atoms with Gasteiger partial charge in [-0.05, 0) is 75.8 Å². The van der Waals surface area contributed by atoms with Gasteiger partial charge in [0.15, 0.2) is 0 Å². The number of unbranched alkanes of at least 4 members (excludes halogenated alkanes) is 2. The number of nitrogens with one attached hydrogen (secondary N) is 1. The van der Waals surface area contributed by atoms with E-state index in [2.05, 4.69) is 53.2 Å². The van der Waals surface area contributed by atoms with Crippen molar-refractivity contribution in [2.24, 2.45) is 11.8 Å². The minimum Gasteiger partial charge on any atom is -0.455 e. The second kappa shape index (κ2) is 18.4. The van der Waals surface area contributed by atoms with E-state index in [9.17, 15) is 24.3 Å². The van der Waals surface area contributed by atoms with Crippen LogP contribution < -0.4 is 15.1 Å². The lowest BCUT2D eigenvalue weighted by Crippen LogP contribution is -2.57. The minimum atomic E-state index is -1.28. The summed E-state index contributed by atoms with van der Waals surface area (Å²) in [5, 5.41) is 12.3. The van der Waals surface area contributed by atoms with E-state index in [4.69, 9.17) is 9.47 Å². The number of carbonyl (C=O) groups excluding carboxylic acids is 4. The Balaban J connectivity index is 1.47. The van der Waals surface area contributed by atoms with Crippen molar-refractivity contribution in [3.05, 3.63) is 85.5 Å². The summed E-state index contributed by atoms with van der Waals surface area (Å²) in [6.07, 6.45) is 4.74. The Morgan fingerprint density at radius 3 is 2.40 bits per heavy atom. The third-order valence-corrected chi connectivity index (χ3v) is 11.6. The predicted octanol–water partition coefficient (Wildman–Crippen LogP) is 5.33. The number of fused-ring (bicyclic) bond motifs is 1. The molecule has 3 saturated heterocycles. The predicted molar refractivity (Wildman–Crippen MR) is 209 cm³/mol. The fraction of sp³-hybridized carbons (Fsp3) is 0.512. The Labute approximate surface area is 321 Å². The molecule has 1 spiro atoms. The van der Waals surface area contributed by atoms with Gasteiger partial charge >= 0.3 is 5.97 Å². The Kier molecular flexibility index (Phi) is 13.9. The third kappa shape index (κ3) is 8.39. The lowest BCUT2D eigenvalue weighted by atomic mass is 9.70. The van der Waals surface area contributed by atoms with Crippen molar-refractivity contribution in [1.29, 1.82) is 0 Å². The summed E-state index contributed by atoms with van der Waals surface area (Å²) in [7, 11) is 0. The van der Waals surface area contributed by atoms with Gasteiger partial charge in [-0.15, -0.1) is 13.2 Å². The summed E-state index contributed by atoms with van der Waals surface area (Å²) >= 11 is 3.76. The van der Waals surface area contributed by atoms with Gasteiger partial charge < -0.3 is 34.6 Å². The lowest BCUT2D eigenvalue weighted by molar-refractivity contribution is -0.160. The number of rotatable bonds is 20. The first-order valence-electron chi connectivity index (χ1n) is 18.8. The maximum Gasteiger partial charge on any atom is 0.313 e. The summed E-state index contributed by atoms with van der Waals surface area (Å²) in [6, 6.07) is 16.0. The van der Waals surface area contributed by atoms with Gasteiger partial charge in [-0.25, -0.2) is 0 Å². The van der Waals surface area contributed by atoms with Crippen LogP contribution in [0.25, 0.3) is 0 Å². The van der Waals surface area contributed by atoms with E-state index in [0.717, 1.165) is 18.8 Å². The number of hydrogen-bond donors (Lipinski definition) is 2. The van der Waals surface area contributed by atoms with Crippen LogP contribution in [0.3, 0.4) is 0 Å². The summed E-state index contributed by atoms with van der Waals surface area (Å²) < 4.78 is 12.9. The number of alkyl halides is 1. The maximum atomic E-state index is 15.0. The van der Waals surface area contributed by atoms with Crippen molar-refractivity contribution in [2.45, 2.75) is 81.1 Å². The van der Waals surface area contributed by atoms with Crippen LogP contribution in [0.15, 0.2) is 79.9 Å². The second-order valence-corrected chi connectivity index (χ2v) is 15.0. The molecule has 3 aliphatic rings. The van der Waals surface area contributed by atoms with Gasteiger partial charge in [0.1, 0.15) is 17.7 Å². The molecule has 0 aliphatic carbocycles. The molecule has 2 N–H and O–H groups in total. The number of benzene rings is 2. The Morgan fingerprint density at radius 1 is 1.06 bits per heavy atom. The number of aliphatic hydroxyl groups is 1. The molecule has 5 rings (SSSR count). The van der Waals surface area contributed by atoms with Gasteiger partial charge in [0.25, 0.3) is 5.91 Å². The highest BCUT2D eigenvalue weighted by molar-refractivity contribution is 9.09. The molecule has 0 aromatic heterocycles. The number of hydrogen-bond acceptors (Lipinski definition) is 8. The van der Waals surface area contributed by atoms with Crippen molar-refractivity contribution in [1.82, 2.24) is 10.2 Å². The van der Waals surface area contributed by atoms with E-state index in [1.54, 1.807) is 22.0 Å². The highest BCUT2D eigenvalue weighted by atomic mass is 79.9. The molecule has 53 heavy (non-hydrogen) atoms. The average molecular weight is 794 g/mol. The zero-order chi connectivity index (χ0) is 38.1. The first-order chi connectivity index (χ1) is 25.6. The molecule has 0 saturated carbocycles. The van der Waals surface area contributed by atoms with Gasteiger partial charge in [-0.2, -0.15) is 0 Å². The Morgan fingerprint density at radius 2 is 1.75 bits per heavy atom. The molecule has 2 bridgehead atoms. The van der Waals surface area contributed by atoms with Crippen LogP contribution in [0.2, 0.25) is 0 Å². The van der Waals surface area contributed by atoms with Crippen molar-refractivity contribution >= 4 is 51.0 Å². The highest BCUT2D eigenvalue weighted by Gasteiger charge is 2.77. The number of anilines is 2. The summed E-state index contributed by atoms with van der Waals surface area (Å²) in [5.74, 6) is -3.37. The molecule has 12 heteroatoms. The van der Waals surface area contributed by atoms with E-state index in [1.807, 2.05) is 54.6 Å². The number of amides is 3. The first-order valence-corrected chi connectivity index (χ1v) is 19.7. The molecule has 1 unspecified atom stereocenters. The number of carbonyl (C=O) groups is 4. The quantitative estimate of drug-likeness (QED) is 0.0798. The molecule has 2 aromatic rings. The summed E-state index contributed by atoms with van der Waals surface area (Å²) in [6.45, 7) is 14.0. The topological polar surface area (TPSA) is 129 Å². The molecule has 2 aromatic carbocycles. The van der Waals surface area contributed by atoms with Crippen LogP contribution in [0.5, 0.6) is 0 Å². The highest BCUT2D eigenvalue weighted by Crippen LogP contribution is 2.60. The smallest absolute Gasteiger partial charge is 0.313 e. The van der Waals surface area contributed by atoms with E-state index in [1.165, 1.54) is 0 Å². The van der Waals surface area contributed by atoms with Crippen molar-refractivity contribution in [2.75, 3.05) is 49.1 Å². The van der Waals surface area contributed by atoms with E-state index in [-0.39, 0.29) is 55.2 Å². The number of esters is 1. The molecule has 3 fully saturated rings. The number of aliphatic hydroxyl groups excluding tert-OH is 1. The molecule has 0 radical (unpaired) electrons. The summed E-state index contributed by atoms with van der Waals surface area (Å²) in [4.78, 5) is 61.7. The van der Waals surface area contributed by atoms with Crippen LogP contribution in [0.4, 0.5) is 11.4 Å². The molecule has 3 aliphatic heterocycles. The monoisotopic (exact) mass is 792 g/mol. The number of halogens is 1. The summed E-state index contributed by atoms with van der Waals surface area (Å²) in [5.41, 5.74) is 1.12. The van der Waals surface area contributed by atoms with Crippen LogP contribution in [-0.2, 0) is 28.7 Å². The van der Waals surface area contributed by atoms with Crippen molar-refractivity contribution in [3.63, 3.8) is 0 Å². The zero-order valence-corrected chi connectivity index (χ0v) is 32.4. The molecular weight excluding hydrogens is 740 g/mol. The fourth-order valence-corrected chi connectivity index (χ4v) is 9.11. The second-order valence-electron chi connectivity index (χ2n) is 13.9. The average Bonchev–Trinajstić information content (AvgIpc) is 3.77. The van der Waals surface area contributed by atoms with Crippen LogP contribution in [-0.4, -0.2) is 95.6 Å². The number of allylic oxidation sites excluding steroid dienone is 1. The molecule has 11 nitrogen and oxygen atoms in total. The van der Waals surface area contributed by atoms with E-state index >= 15 is 0 Å². The maximum absolute atomic E-state index is 15.0. The first kappa shape index (κ1) is 40.2. The van der Waals surface area contributed by atoms with Gasteiger partial charge in [-0.1, -0.05) is 58.4 Å². The number of nitrogens with zero attached hydrogens (tertiary/aromatic N) is 3. The minimum absolute atomic E-state index is 0.0285. The van der Waals surface area contributed by atoms with Gasteiger partial charge in [0, 0.05) is 55.4 Å². The SMILES string of the molecule is C=CCCC(=O)NC[C@@H](OC(=O)[C@H]1[C@@H]2O[C@@]3(CC2Br)[C@@H]1C(=O)N(CCCCCO)[C@@H]3C(=O)N(CC=C)c1ccc(N(CC)CC)cc1)c1ccccc1. The van der Waals surface area contributed by atoms with Crippen LogP contribution in [0.1, 0.15) is 64.0 Å². The zero-order valence-electron chi connectivity index (χ0n) is 30.8. The van der Waals surface area contributed by atoms with Crippen LogP contribution >= 0.6 is 15.9 Å². The molecule has 3 amide bonds. The van der Waals surface area contributed by atoms with Gasteiger partial charge in [0.05, 0.1) is 24.5 Å². The molecule has 7 atom stereocenters. The van der Waals surface area contributed by atoms with Crippen LogP contribution in [0, 0.1) is 11.8 Å². The third-order valence-electron chi connectivity index (χ3n) is 10.7. The molecule has 286 valence electrons. The Hall–Kier alpha value is -4.00. The fourth-order valence-electron chi connectivity index (χ4n) is 8.16. The normalized spacial score (nSPS) is 24.7.